The van der Waals surface area contributed by atoms with E-state index in [9.17, 15) is 0 Å². The minimum Gasteiger partial charge on any atom is -0.310 e. The van der Waals surface area contributed by atoms with E-state index >= 15 is 0 Å². The zero-order valence-electron chi connectivity index (χ0n) is 43.7. The first-order chi connectivity index (χ1) is 37.1. The van der Waals surface area contributed by atoms with Crippen LogP contribution in [0.15, 0.2) is 224 Å². The molecule has 1 atom stereocenters. The van der Waals surface area contributed by atoms with E-state index in [0.29, 0.717) is 0 Å². The molecule has 362 valence electrons. The SMILES string of the molecule is Cc1cc(C)cc(N(c2ccc(-c3ccc4c(c3)C3(c5cc(N(c6cc(C)cc(C)c6)c6ccccc6C)ccc5-4)c4ccccc4-c4c3ccc3c5cccc6c7ccccc7n(c43)c65)cc2)c2ccccc2C)c1. The Morgan fingerprint density at radius 2 is 0.829 bits per heavy atom. The summed E-state index contributed by atoms with van der Waals surface area (Å²) < 4.78 is 2.59. The van der Waals surface area contributed by atoms with Crippen LogP contribution in [0, 0.1) is 41.5 Å². The zero-order valence-corrected chi connectivity index (χ0v) is 43.7. The number of aromatic nitrogens is 1. The van der Waals surface area contributed by atoms with Gasteiger partial charge in [0.2, 0.25) is 0 Å². The minimum absolute atomic E-state index is 0.640. The molecule has 11 aromatic carbocycles. The van der Waals surface area contributed by atoms with Crippen molar-refractivity contribution in [2.24, 2.45) is 0 Å². The number of rotatable bonds is 7. The van der Waals surface area contributed by atoms with Crippen LogP contribution in [0.5, 0.6) is 0 Å². The maximum atomic E-state index is 2.59. The van der Waals surface area contributed by atoms with E-state index < -0.39 is 5.41 Å². The fourth-order valence-electron chi connectivity index (χ4n) is 13.9. The van der Waals surface area contributed by atoms with E-state index in [4.69, 9.17) is 0 Å². The Labute approximate surface area is 444 Å². The third-order valence-electron chi connectivity index (χ3n) is 16.9. The molecule has 3 heteroatoms. The van der Waals surface area contributed by atoms with Crippen LogP contribution in [0.4, 0.5) is 34.1 Å². The van der Waals surface area contributed by atoms with Gasteiger partial charge in [0.15, 0.2) is 0 Å². The van der Waals surface area contributed by atoms with Gasteiger partial charge in [-0.2, -0.15) is 0 Å². The molecule has 0 amide bonds. The lowest BCUT2D eigenvalue weighted by Gasteiger charge is -2.33. The Kier molecular flexibility index (Phi) is 9.57. The molecule has 2 aromatic heterocycles. The Morgan fingerprint density at radius 3 is 1.50 bits per heavy atom. The molecule has 76 heavy (non-hydrogen) atoms. The molecule has 2 aliphatic rings. The summed E-state index contributed by atoms with van der Waals surface area (Å²) >= 11 is 0. The van der Waals surface area contributed by atoms with E-state index in [-0.39, 0.29) is 0 Å². The molecule has 0 saturated heterocycles. The molecule has 2 heterocycles. The van der Waals surface area contributed by atoms with Crippen molar-refractivity contribution in [2.45, 2.75) is 47.0 Å². The van der Waals surface area contributed by atoms with Crippen LogP contribution in [0.1, 0.15) is 55.6 Å². The summed E-state index contributed by atoms with van der Waals surface area (Å²) in [6.07, 6.45) is 0. The molecule has 0 aliphatic heterocycles. The van der Waals surface area contributed by atoms with Gasteiger partial charge in [0.1, 0.15) is 0 Å². The van der Waals surface area contributed by atoms with Crippen molar-refractivity contribution >= 4 is 72.2 Å². The summed E-state index contributed by atoms with van der Waals surface area (Å²) in [5, 5.41) is 5.18. The van der Waals surface area contributed by atoms with Gasteiger partial charge in [-0.25, -0.2) is 0 Å². The number of nitrogens with zero attached hydrogens (tertiary/aromatic N) is 3. The molecule has 2 aliphatic carbocycles. The van der Waals surface area contributed by atoms with Crippen molar-refractivity contribution in [2.75, 3.05) is 9.80 Å². The molecule has 13 aromatic rings. The summed E-state index contributed by atoms with van der Waals surface area (Å²) in [5.41, 5.74) is 30.4. The number of hydrogen-bond acceptors (Lipinski definition) is 2. The number of aryl methyl sites for hydroxylation is 6. The second-order valence-electron chi connectivity index (χ2n) is 21.7. The fraction of sp³-hybridized carbons (Fsp3) is 0.0959. The zero-order chi connectivity index (χ0) is 51.1. The molecule has 3 nitrogen and oxygen atoms in total. The lowest BCUT2D eigenvalue weighted by molar-refractivity contribution is 0.794. The molecule has 0 bridgehead atoms. The molecule has 15 rings (SSSR count). The first kappa shape index (κ1) is 44.3. The monoisotopic (exact) mass is 973 g/mol. The van der Waals surface area contributed by atoms with Crippen molar-refractivity contribution in [1.29, 1.82) is 0 Å². The van der Waals surface area contributed by atoms with E-state index in [0.717, 1.165) is 22.7 Å². The van der Waals surface area contributed by atoms with Gasteiger partial charge in [-0.05, 0) is 198 Å². The lowest BCUT2D eigenvalue weighted by atomic mass is 9.70. The Morgan fingerprint density at radius 1 is 0.316 bits per heavy atom. The topological polar surface area (TPSA) is 10.9 Å². The van der Waals surface area contributed by atoms with Gasteiger partial charge in [-0.3, -0.25) is 0 Å². The van der Waals surface area contributed by atoms with Crippen LogP contribution in [0.3, 0.4) is 0 Å². The summed E-state index contributed by atoms with van der Waals surface area (Å²) in [5.74, 6) is 0. The lowest BCUT2D eigenvalue weighted by Crippen LogP contribution is -2.26. The maximum Gasteiger partial charge on any atom is 0.0727 e. The first-order valence-electron chi connectivity index (χ1n) is 26.7. The highest BCUT2D eigenvalue weighted by atomic mass is 15.2. The molecule has 0 radical (unpaired) electrons. The smallest absolute Gasteiger partial charge is 0.0727 e. The van der Waals surface area contributed by atoms with E-state index in [2.05, 4.69) is 280 Å². The van der Waals surface area contributed by atoms with Crippen molar-refractivity contribution in [1.82, 2.24) is 4.40 Å². The number of fused-ring (bicyclic) bond motifs is 17. The molecule has 1 spiro atoms. The highest BCUT2D eigenvalue weighted by molar-refractivity contribution is 6.26. The standard InChI is InChI=1S/C73H55N3/c1-44-36-45(2)39-54(38-44)74(67-23-12-7-16-48(67)5)52-29-26-50(27-30-52)51-28-32-56-57-33-31-53(75(68-24-13-8-17-49(68)6)55-40-46(3)37-47(4)41-55)43-66(57)73(65(56)42-51)63-22-11-9-19-62(63)70-64(73)35-34-61-60-21-15-20-59-58-18-10-14-25-69(58)76(71(59)60)72(61)70/h7-43H,1-6H3. The first-order valence-corrected chi connectivity index (χ1v) is 26.7. The number of anilines is 6. The molecular weight excluding hydrogens is 919 g/mol. The van der Waals surface area contributed by atoms with E-state index in [1.807, 2.05) is 0 Å². The van der Waals surface area contributed by atoms with E-state index in [1.54, 1.807) is 0 Å². The molecule has 0 fully saturated rings. The van der Waals surface area contributed by atoms with Crippen LogP contribution in [-0.2, 0) is 5.41 Å². The quantitative estimate of drug-likeness (QED) is 0.158. The summed E-state index contributed by atoms with van der Waals surface area (Å²) in [6, 6.07) is 85.3. The minimum atomic E-state index is -0.640. The van der Waals surface area contributed by atoms with Gasteiger partial charge >= 0.3 is 0 Å². The normalized spacial score (nSPS) is 14.2. The van der Waals surface area contributed by atoms with Crippen LogP contribution < -0.4 is 9.80 Å². The summed E-state index contributed by atoms with van der Waals surface area (Å²) in [4.78, 5) is 4.90. The Bertz CT molecular complexity index is 4510. The number of benzene rings is 11. The molecule has 0 N–H and O–H groups in total. The number of hydrogen-bond donors (Lipinski definition) is 0. The predicted molar refractivity (Wildman–Crippen MR) is 321 cm³/mol. The van der Waals surface area contributed by atoms with Crippen LogP contribution in [0.2, 0.25) is 0 Å². The third-order valence-corrected chi connectivity index (χ3v) is 16.9. The van der Waals surface area contributed by atoms with Gasteiger partial charge in [0.05, 0.1) is 22.0 Å². The van der Waals surface area contributed by atoms with E-state index in [1.165, 1.54) is 138 Å². The second-order valence-corrected chi connectivity index (χ2v) is 21.7. The third kappa shape index (κ3) is 6.23. The highest BCUT2D eigenvalue weighted by Crippen LogP contribution is 2.65. The molecule has 0 saturated carbocycles. The Balaban J connectivity index is 0.992. The van der Waals surface area contributed by atoms with Crippen molar-refractivity contribution in [3.63, 3.8) is 0 Å². The van der Waals surface area contributed by atoms with Crippen LogP contribution >= 0.6 is 0 Å². The fourth-order valence-corrected chi connectivity index (χ4v) is 13.9. The summed E-state index contributed by atoms with van der Waals surface area (Å²) in [6.45, 7) is 13.2. The van der Waals surface area contributed by atoms with Crippen molar-refractivity contribution in [3.8, 4) is 33.4 Å². The molecule has 1 unspecified atom stereocenters. The summed E-state index contributed by atoms with van der Waals surface area (Å²) in [7, 11) is 0. The van der Waals surface area contributed by atoms with Gasteiger partial charge in [-0.15, -0.1) is 0 Å². The average Bonchev–Trinajstić information content (AvgIpc) is 3.81. The largest absolute Gasteiger partial charge is 0.310 e. The molecular formula is C73H55N3. The Hall–Kier alpha value is -9.18. The van der Waals surface area contributed by atoms with Gasteiger partial charge in [-0.1, -0.05) is 152 Å². The highest BCUT2D eigenvalue weighted by Gasteiger charge is 2.53. The van der Waals surface area contributed by atoms with Crippen LogP contribution in [0.25, 0.3) is 71.5 Å². The van der Waals surface area contributed by atoms with Gasteiger partial charge in [0.25, 0.3) is 0 Å². The maximum absolute atomic E-state index is 2.59. The van der Waals surface area contributed by atoms with Crippen LogP contribution in [-0.4, -0.2) is 4.40 Å². The average molecular weight is 974 g/mol. The second kappa shape index (κ2) is 16.4. The predicted octanol–water partition coefficient (Wildman–Crippen LogP) is 19.6. The van der Waals surface area contributed by atoms with Gasteiger partial charge in [0, 0.05) is 61.2 Å². The number of para-hydroxylation sites is 4. The van der Waals surface area contributed by atoms with Gasteiger partial charge < -0.3 is 14.2 Å². The van der Waals surface area contributed by atoms with Crippen molar-refractivity contribution in [3.05, 3.63) is 280 Å². The van der Waals surface area contributed by atoms with Crippen molar-refractivity contribution < 1.29 is 0 Å².